The first-order valence-electron chi connectivity index (χ1n) is 12.2. The molecular weight excluding hydrogens is 551 g/mol. The predicted molar refractivity (Wildman–Crippen MR) is 136 cm³/mol. The van der Waals surface area contributed by atoms with Crippen LogP contribution in [0.5, 0.6) is 0 Å². The molecule has 2 aliphatic carbocycles. The standard InChI is InChI=1S/C24H28BrFN6O3S/c1-4-7-36-23-28-21(27-15-9-12(15)11-5-6-13(25)14(26)8-11)18-22(29-23)32(31-30-18)16-10-17(33)20-19(16)34-24(2,3)35-20/h5-6,8,12,15-17,19-20,33H,4,7,9-10H2,1-3H3,(H,27,28,29)/t12?,15?,16-,17+,19+,20-/m1/s1. The summed E-state index contributed by atoms with van der Waals surface area (Å²) in [7, 11) is 0. The van der Waals surface area contributed by atoms with Crippen molar-refractivity contribution < 1.29 is 19.0 Å². The van der Waals surface area contributed by atoms with Crippen molar-refractivity contribution in [2.24, 2.45) is 0 Å². The first-order valence-corrected chi connectivity index (χ1v) is 14.0. The molecule has 12 heteroatoms. The van der Waals surface area contributed by atoms with Gasteiger partial charge in [-0.3, -0.25) is 0 Å². The molecular formula is C24H28BrFN6O3S. The van der Waals surface area contributed by atoms with Crippen molar-refractivity contribution in [1.29, 1.82) is 0 Å². The van der Waals surface area contributed by atoms with Crippen LogP contribution in [0.25, 0.3) is 11.2 Å². The maximum absolute atomic E-state index is 14.1. The van der Waals surface area contributed by atoms with Crippen molar-refractivity contribution >= 4 is 44.7 Å². The molecule has 0 spiro atoms. The Kier molecular flexibility index (Phi) is 6.23. The van der Waals surface area contributed by atoms with E-state index in [2.05, 4.69) is 38.5 Å². The van der Waals surface area contributed by atoms with Gasteiger partial charge in [0.15, 0.2) is 27.9 Å². The largest absolute Gasteiger partial charge is 0.390 e. The Balaban J connectivity index is 1.32. The molecule has 1 aliphatic heterocycles. The smallest absolute Gasteiger partial charge is 0.191 e. The highest BCUT2D eigenvalue weighted by atomic mass is 79.9. The number of hydrogen-bond donors (Lipinski definition) is 2. The van der Waals surface area contributed by atoms with Gasteiger partial charge in [0.1, 0.15) is 18.0 Å². The van der Waals surface area contributed by atoms with E-state index in [0.717, 1.165) is 24.2 Å². The van der Waals surface area contributed by atoms with E-state index in [9.17, 15) is 9.50 Å². The molecule has 2 aromatic heterocycles. The van der Waals surface area contributed by atoms with Gasteiger partial charge in [0.05, 0.1) is 16.6 Å². The summed E-state index contributed by atoms with van der Waals surface area (Å²) in [6.07, 6.45) is 0.873. The molecule has 2 unspecified atom stereocenters. The fourth-order valence-electron chi connectivity index (χ4n) is 5.20. The molecule has 192 valence electrons. The SMILES string of the molecule is CCCSc1nc(NC2CC2c2ccc(Br)c(F)c2)c2nnn([C@@H]3C[C@H](O)[C@H]4OC(C)(C)O[C@H]43)c2n1. The molecule has 36 heavy (non-hydrogen) atoms. The van der Waals surface area contributed by atoms with Gasteiger partial charge in [-0.05, 0) is 60.3 Å². The lowest BCUT2D eigenvalue weighted by Crippen LogP contribution is -2.29. The fraction of sp³-hybridized carbons (Fsp3) is 0.583. The lowest BCUT2D eigenvalue weighted by atomic mass is 10.1. The van der Waals surface area contributed by atoms with Crippen LogP contribution in [-0.2, 0) is 9.47 Å². The lowest BCUT2D eigenvalue weighted by Gasteiger charge is -2.22. The molecule has 3 heterocycles. The fourth-order valence-corrected chi connectivity index (χ4v) is 6.14. The van der Waals surface area contributed by atoms with E-state index in [1.165, 1.54) is 0 Å². The van der Waals surface area contributed by atoms with E-state index in [4.69, 9.17) is 19.4 Å². The maximum Gasteiger partial charge on any atom is 0.191 e. The van der Waals surface area contributed by atoms with Crippen LogP contribution in [-0.4, -0.2) is 66.0 Å². The second kappa shape index (κ2) is 9.16. The van der Waals surface area contributed by atoms with E-state index < -0.39 is 18.0 Å². The van der Waals surface area contributed by atoms with Gasteiger partial charge >= 0.3 is 0 Å². The Morgan fingerprint density at radius 3 is 2.83 bits per heavy atom. The summed E-state index contributed by atoms with van der Waals surface area (Å²) in [6.45, 7) is 5.81. The third-order valence-electron chi connectivity index (χ3n) is 6.94. The van der Waals surface area contributed by atoms with Gasteiger partial charge in [0, 0.05) is 24.1 Å². The van der Waals surface area contributed by atoms with Crippen LogP contribution in [0.1, 0.15) is 57.6 Å². The number of nitrogens with one attached hydrogen (secondary N) is 1. The number of rotatable bonds is 7. The zero-order valence-corrected chi connectivity index (χ0v) is 22.6. The first-order chi connectivity index (χ1) is 17.2. The molecule has 3 fully saturated rings. The van der Waals surface area contributed by atoms with Gasteiger partial charge in [0.2, 0.25) is 0 Å². The third-order valence-corrected chi connectivity index (χ3v) is 8.64. The molecule has 1 saturated heterocycles. The Bertz CT molecular complexity index is 1310. The summed E-state index contributed by atoms with van der Waals surface area (Å²) < 4.78 is 28.4. The Hall–Kier alpha value is -1.86. The van der Waals surface area contributed by atoms with Gasteiger partial charge in [0.25, 0.3) is 0 Å². The van der Waals surface area contributed by atoms with Crippen molar-refractivity contribution in [3.05, 3.63) is 34.1 Å². The highest BCUT2D eigenvalue weighted by Crippen LogP contribution is 2.46. The second-order valence-electron chi connectivity index (χ2n) is 10.1. The number of fused-ring (bicyclic) bond motifs is 2. The predicted octanol–water partition coefficient (Wildman–Crippen LogP) is 4.42. The number of anilines is 1. The van der Waals surface area contributed by atoms with Crippen LogP contribution >= 0.6 is 27.7 Å². The van der Waals surface area contributed by atoms with Gasteiger partial charge < -0.3 is 19.9 Å². The molecule has 6 atom stereocenters. The van der Waals surface area contributed by atoms with Crippen molar-refractivity contribution in [2.45, 2.75) is 87.3 Å². The van der Waals surface area contributed by atoms with Gasteiger partial charge in [-0.15, -0.1) is 5.10 Å². The summed E-state index contributed by atoms with van der Waals surface area (Å²) in [4.78, 5) is 9.56. The summed E-state index contributed by atoms with van der Waals surface area (Å²) in [5.74, 6) is 0.657. The molecule has 2 N–H and O–H groups in total. The van der Waals surface area contributed by atoms with Crippen LogP contribution in [0.2, 0.25) is 0 Å². The number of hydrogen-bond acceptors (Lipinski definition) is 9. The van der Waals surface area contributed by atoms with E-state index in [-0.39, 0.29) is 29.9 Å². The van der Waals surface area contributed by atoms with Gasteiger partial charge in [-0.25, -0.2) is 19.0 Å². The molecule has 0 radical (unpaired) electrons. The monoisotopic (exact) mass is 578 g/mol. The topological polar surface area (TPSA) is 107 Å². The van der Waals surface area contributed by atoms with E-state index in [1.54, 1.807) is 28.6 Å². The average Bonchev–Trinajstić information content (AvgIpc) is 3.19. The molecule has 3 aliphatic rings. The number of benzene rings is 1. The van der Waals surface area contributed by atoms with Crippen LogP contribution in [0.4, 0.5) is 10.2 Å². The number of ether oxygens (including phenoxy) is 2. The maximum atomic E-state index is 14.1. The van der Waals surface area contributed by atoms with E-state index in [0.29, 0.717) is 33.0 Å². The summed E-state index contributed by atoms with van der Waals surface area (Å²) in [5.41, 5.74) is 2.12. The highest BCUT2D eigenvalue weighted by molar-refractivity contribution is 9.10. The molecule has 3 aromatic rings. The second-order valence-corrected chi connectivity index (χ2v) is 12.0. The summed E-state index contributed by atoms with van der Waals surface area (Å²) in [6, 6.07) is 5.12. The van der Waals surface area contributed by atoms with Crippen molar-refractivity contribution in [2.75, 3.05) is 11.1 Å². The Morgan fingerprint density at radius 2 is 2.06 bits per heavy atom. The van der Waals surface area contributed by atoms with Crippen molar-refractivity contribution in [1.82, 2.24) is 25.0 Å². The number of aliphatic hydroxyl groups is 1. The Morgan fingerprint density at radius 1 is 1.25 bits per heavy atom. The zero-order chi connectivity index (χ0) is 25.2. The van der Waals surface area contributed by atoms with E-state index in [1.807, 2.05) is 19.9 Å². The number of halogens is 2. The number of aromatic nitrogens is 5. The minimum atomic E-state index is -0.775. The number of thioether (sulfide) groups is 1. The van der Waals surface area contributed by atoms with Gasteiger partial charge in [-0.2, -0.15) is 0 Å². The molecule has 0 bridgehead atoms. The number of aliphatic hydroxyl groups excluding tert-OH is 1. The first kappa shape index (κ1) is 24.5. The van der Waals surface area contributed by atoms with E-state index >= 15 is 0 Å². The van der Waals surface area contributed by atoms with Crippen LogP contribution in [0.3, 0.4) is 0 Å². The minimum Gasteiger partial charge on any atom is -0.390 e. The lowest BCUT2D eigenvalue weighted by molar-refractivity contribution is -0.165. The van der Waals surface area contributed by atoms with Crippen molar-refractivity contribution in [3.63, 3.8) is 0 Å². The van der Waals surface area contributed by atoms with Crippen LogP contribution < -0.4 is 5.32 Å². The molecule has 2 saturated carbocycles. The minimum absolute atomic E-state index is 0.114. The summed E-state index contributed by atoms with van der Waals surface area (Å²) >= 11 is 4.80. The number of nitrogens with zero attached hydrogens (tertiary/aromatic N) is 5. The van der Waals surface area contributed by atoms with Crippen molar-refractivity contribution in [3.8, 4) is 0 Å². The normalized spacial score (nSPS) is 30.6. The summed E-state index contributed by atoms with van der Waals surface area (Å²) in [5, 5.41) is 23.7. The third kappa shape index (κ3) is 4.40. The molecule has 1 aromatic carbocycles. The average molecular weight is 579 g/mol. The van der Waals surface area contributed by atoms with Crippen LogP contribution in [0.15, 0.2) is 27.8 Å². The zero-order valence-electron chi connectivity index (χ0n) is 20.2. The van der Waals surface area contributed by atoms with Gasteiger partial charge in [-0.1, -0.05) is 30.0 Å². The molecule has 9 nitrogen and oxygen atoms in total. The Labute approximate surface area is 220 Å². The molecule has 0 amide bonds. The quantitative estimate of drug-likeness (QED) is 0.311. The highest BCUT2D eigenvalue weighted by Gasteiger charge is 2.55. The van der Waals surface area contributed by atoms with Crippen LogP contribution in [0, 0.1) is 5.82 Å². The molecule has 6 rings (SSSR count).